The van der Waals surface area contributed by atoms with Gasteiger partial charge in [0.05, 0.1) is 22.8 Å². The molecule has 1 saturated heterocycles. The lowest BCUT2D eigenvalue weighted by molar-refractivity contribution is -0.311. The highest BCUT2D eigenvalue weighted by atomic mass is 16.7. The summed E-state index contributed by atoms with van der Waals surface area (Å²) in [5.74, 6) is -1.82. The summed E-state index contributed by atoms with van der Waals surface area (Å²) in [6.45, 7) is 3.94. The molecule has 6 atom stereocenters. The van der Waals surface area contributed by atoms with E-state index in [4.69, 9.17) is 28.4 Å². The summed E-state index contributed by atoms with van der Waals surface area (Å²) in [7, 11) is 1.44. The van der Waals surface area contributed by atoms with Crippen LogP contribution < -0.4 is 0 Å². The molecule has 0 amide bonds. The molecule has 1 aliphatic rings. The van der Waals surface area contributed by atoms with E-state index in [1.807, 2.05) is 6.92 Å². The molecule has 1 aliphatic heterocycles. The molecule has 0 bridgehead atoms. The fraction of sp³-hybridized carbons (Fsp3) is 0.475. The molecule has 9 heteroatoms. The second kappa shape index (κ2) is 20.5. The number of benzene rings is 3. The summed E-state index contributed by atoms with van der Waals surface area (Å²) in [4.78, 5) is 39.8. The molecule has 0 radical (unpaired) electrons. The van der Waals surface area contributed by atoms with Gasteiger partial charge >= 0.3 is 17.9 Å². The molecule has 49 heavy (non-hydrogen) atoms. The maximum atomic E-state index is 13.5. The Morgan fingerprint density at radius 3 is 1.61 bits per heavy atom. The minimum absolute atomic E-state index is 0.225. The molecule has 0 saturated carbocycles. The number of hydrogen-bond acceptors (Lipinski definition) is 9. The van der Waals surface area contributed by atoms with Crippen LogP contribution in [0.3, 0.4) is 0 Å². The van der Waals surface area contributed by atoms with Crippen molar-refractivity contribution in [3.63, 3.8) is 0 Å². The minimum Gasteiger partial charge on any atom is -0.459 e. The summed E-state index contributed by atoms with van der Waals surface area (Å²) in [6, 6.07) is 25.7. The Morgan fingerprint density at radius 2 is 1.10 bits per heavy atom. The molecule has 5 unspecified atom stereocenters. The van der Waals surface area contributed by atoms with Gasteiger partial charge in [0.1, 0.15) is 18.8 Å². The van der Waals surface area contributed by atoms with Crippen molar-refractivity contribution < 1.29 is 42.8 Å². The van der Waals surface area contributed by atoms with E-state index < -0.39 is 48.6 Å². The molecule has 3 aromatic rings. The Balaban J connectivity index is 1.56. The summed E-state index contributed by atoms with van der Waals surface area (Å²) in [5, 5.41) is 0. The van der Waals surface area contributed by atoms with E-state index in [-0.39, 0.29) is 12.7 Å². The van der Waals surface area contributed by atoms with E-state index in [9.17, 15) is 14.4 Å². The topological polar surface area (TPSA) is 107 Å². The van der Waals surface area contributed by atoms with Gasteiger partial charge < -0.3 is 28.4 Å². The van der Waals surface area contributed by atoms with Gasteiger partial charge in [-0.1, -0.05) is 113 Å². The highest BCUT2D eigenvalue weighted by Crippen LogP contribution is 2.32. The van der Waals surface area contributed by atoms with Crippen LogP contribution in [-0.2, 0) is 28.4 Å². The lowest BCUT2D eigenvalue weighted by atomic mass is 9.97. The highest BCUT2D eigenvalue weighted by Gasteiger charge is 2.52. The first kappa shape index (κ1) is 37.8. The van der Waals surface area contributed by atoms with Gasteiger partial charge in [-0.15, -0.1) is 0 Å². The zero-order valence-electron chi connectivity index (χ0n) is 28.9. The quantitative estimate of drug-likeness (QED) is 0.0711. The molecule has 4 rings (SSSR count). The molecule has 9 nitrogen and oxygen atoms in total. The average Bonchev–Trinajstić information content (AvgIpc) is 3.14. The van der Waals surface area contributed by atoms with Crippen LogP contribution >= 0.6 is 0 Å². The molecule has 3 aromatic carbocycles. The number of methoxy groups -OCH3 is 1. The van der Waals surface area contributed by atoms with Gasteiger partial charge in [0, 0.05) is 7.11 Å². The Hall–Kier alpha value is -4.05. The van der Waals surface area contributed by atoms with Crippen LogP contribution in [-0.4, -0.2) is 68.4 Å². The van der Waals surface area contributed by atoms with Crippen LogP contribution in [0.25, 0.3) is 0 Å². The Bertz CT molecular complexity index is 1400. The first-order valence-corrected chi connectivity index (χ1v) is 17.5. The first-order valence-electron chi connectivity index (χ1n) is 17.5. The predicted octanol–water partition coefficient (Wildman–Crippen LogP) is 7.97. The van der Waals surface area contributed by atoms with Crippen LogP contribution in [0.1, 0.15) is 103 Å². The molecule has 0 aromatic heterocycles. The van der Waals surface area contributed by atoms with Gasteiger partial charge in [-0.25, -0.2) is 14.4 Å². The molecule has 0 spiro atoms. The maximum Gasteiger partial charge on any atom is 0.338 e. The van der Waals surface area contributed by atoms with Crippen molar-refractivity contribution in [3.8, 4) is 0 Å². The van der Waals surface area contributed by atoms with Gasteiger partial charge in [0.2, 0.25) is 0 Å². The van der Waals surface area contributed by atoms with Crippen molar-refractivity contribution in [1.29, 1.82) is 0 Å². The molecule has 0 N–H and O–H groups in total. The third kappa shape index (κ3) is 11.8. The van der Waals surface area contributed by atoms with Gasteiger partial charge in [-0.05, 0) is 49.7 Å². The van der Waals surface area contributed by atoms with Crippen molar-refractivity contribution in [1.82, 2.24) is 0 Å². The number of unbranched alkanes of at least 4 members (excludes halogenated alkanes) is 7. The van der Waals surface area contributed by atoms with Gasteiger partial charge in [0.15, 0.2) is 18.5 Å². The second-order valence-corrected chi connectivity index (χ2v) is 12.4. The largest absolute Gasteiger partial charge is 0.459 e. The van der Waals surface area contributed by atoms with Crippen molar-refractivity contribution in [2.45, 2.75) is 108 Å². The number of carbonyl (C=O) groups is 3. The van der Waals surface area contributed by atoms with E-state index in [1.54, 1.807) is 91.0 Å². The highest BCUT2D eigenvalue weighted by molar-refractivity contribution is 5.90. The van der Waals surface area contributed by atoms with Crippen molar-refractivity contribution in [2.75, 3.05) is 13.7 Å². The third-order valence-electron chi connectivity index (χ3n) is 8.59. The standard InChI is InChI=1S/C40H50O9/c1-4-5-6-7-8-9-10-14-21-29(2)46-40-36(49-39(43)32-26-19-13-20-27-32)35(48-38(42)31-24-17-12-18-25-31)34(44-3)33(47-40)28-45-37(41)30-22-15-11-16-23-30/h11-13,15-20,22-27,29,33-36,40H,4-10,14,21,28H2,1-3H3/t29?,33?,34?,35?,36?,40-/m1/s1. The van der Waals surface area contributed by atoms with Crippen molar-refractivity contribution in [2.24, 2.45) is 0 Å². The van der Waals surface area contributed by atoms with E-state index in [0.29, 0.717) is 16.7 Å². The van der Waals surface area contributed by atoms with Crippen LogP contribution in [0.15, 0.2) is 91.0 Å². The summed E-state index contributed by atoms with van der Waals surface area (Å²) < 4.78 is 36.5. The molecular formula is C40H50O9. The zero-order chi connectivity index (χ0) is 34.8. The average molecular weight is 675 g/mol. The first-order chi connectivity index (χ1) is 23.9. The van der Waals surface area contributed by atoms with E-state index in [2.05, 4.69) is 6.92 Å². The second-order valence-electron chi connectivity index (χ2n) is 12.4. The monoisotopic (exact) mass is 674 g/mol. The normalized spacial score (nSPS) is 21.0. The lowest BCUT2D eigenvalue weighted by Gasteiger charge is -2.45. The molecular weight excluding hydrogens is 624 g/mol. The van der Waals surface area contributed by atoms with E-state index in [0.717, 1.165) is 25.7 Å². The van der Waals surface area contributed by atoms with Crippen LogP contribution in [0.4, 0.5) is 0 Å². The zero-order valence-corrected chi connectivity index (χ0v) is 28.9. The van der Waals surface area contributed by atoms with E-state index in [1.165, 1.54) is 39.2 Å². The SMILES string of the molecule is CCCCCCCCCCC(C)O[C@@H]1OC(COC(=O)c2ccccc2)C(OC)C(OC(=O)c2ccccc2)C1OC(=O)c1ccccc1. The molecule has 0 aliphatic carbocycles. The fourth-order valence-corrected chi connectivity index (χ4v) is 5.88. The number of carbonyl (C=O) groups excluding carboxylic acids is 3. The number of hydrogen-bond donors (Lipinski definition) is 0. The summed E-state index contributed by atoms with van der Waals surface area (Å²) >= 11 is 0. The van der Waals surface area contributed by atoms with Crippen molar-refractivity contribution >= 4 is 17.9 Å². The fourth-order valence-electron chi connectivity index (χ4n) is 5.88. The third-order valence-corrected chi connectivity index (χ3v) is 8.59. The maximum absolute atomic E-state index is 13.5. The lowest BCUT2D eigenvalue weighted by Crippen LogP contribution is -2.63. The summed E-state index contributed by atoms with van der Waals surface area (Å²) in [6.07, 6.45) is 4.51. The molecule has 1 heterocycles. The molecule has 1 fully saturated rings. The van der Waals surface area contributed by atoms with Crippen molar-refractivity contribution in [3.05, 3.63) is 108 Å². The molecule has 264 valence electrons. The minimum atomic E-state index is -1.20. The smallest absolute Gasteiger partial charge is 0.338 e. The van der Waals surface area contributed by atoms with Gasteiger partial charge in [0.25, 0.3) is 0 Å². The predicted molar refractivity (Wildman–Crippen MR) is 185 cm³/mol. The Kier molecular flexibility index (Phi) is 15.8. The summed E-state index contributed by atoms with van der Waals surface area (Å²) in [5.41, 5.74) is 1.000. The van der Waals surface area contributed by atoms with Crippen LogP contribution in [0.2, 0.25) is 0 Å². The Morgan fingerprint density at radius 1 is 0.633 bits per heavy atom. The van der Waals surface area contributed by atoms with Crippen LogP contribution in [0, 0.1) is 0 Å². The number of rotatable bonds is 19. The number of esters is 3. The van der Waals surface area contributed by atoms with Gasteiger partial charge in [-0.3, -0.25) is 0 Å². The van der Waals surface area contributed by atoms with Crippen LogP contribution in [0.5, 0.6) is 0 Å². The number of ether oxygens (including phenoxy) is 6. The Labute approximate surface area is 290 Å². The van der Waals surface area contributed by atoms with E-state index >= 15 is 0 Å². The van der Waals surface area contributed by atoms with Gasteiger partial charge in [-0.2, -0.15) is 0 Å².